The van der Waals surface area contributed by atoms with Gasteiger partial charge in [-0.15, -0.1) is 60.2 Å². The molecule has 0 aliphatic carbocycles. The van der Waals surface area contributed by atoms with E-state index in [2.05, 4.69) is 40.3 Å². The molecule has 0 amide bonds. The molecular formula is C29H21FIrN2-2. The Kier molecular flexibility index (Phi) is 8.77. The number of benzene rings is 3. The van der Waals surface area contributed by atoms with Crippen molar-refractivity contribution in [2.45, 2.75) is 6.92 Å². The van der Waals surface area contributed by atoms with Crippen LogP contribution >= 0.6 is 0 Å². The third kappa shape index (κ3) is 6.52. The number of rotatable bonds is 3. The van der Waals surface area contributed by atoms with Crippen molar-refractivity contribution < 1.29 is 24.5 Å². The molecule has 3 aromatic carbocycles. The quantitative estimate of drug-likeness (QED) is 0.202. The van der Waals surface area contributed by atoms with E-state index in [0.29, 0.717) is 11.3 Å². The van der Waals surface area contributed by atoms with Crippen LogP contribution in [0.1, 0.15) is 5.56 Å². The molecule has 0 aliphatic rings. The van der Waals surface area contributed by atoms with Gasteiger partial charge in [-0.3, -0.25) is 4.39 Å². The van der Waals surface area contributed by atoms with Crippen LogP contribution in [0.25, 0.3) is 33.6 Å². The van der Waals surface area contributed by atoms with E-state index in [1.165, 1.54) is 11.6 Å². The summed E-state index contributed by atoms with van der Waals surface area (Å²) in [6, 6.07) is 36.7. The van der Waals surface area contributed by atoms with Crippen LogP contribution in [0.2, 0.25) is 0 Å². The Labute approximate surface area is 207 Å². The van der Waals surface area contributed by atoms with E-state index in [1.807, 2.05) is 67.7 Å². The number of aryl methyl sites for hydroxylation is 1. The van der Waals surface area contributed by atoms with Crippen LogP contribution in [0.15, 0.2) is 109 Å². The molecular weight excluding hydrogens is 588 g/mol. The molecule has 33 heavy (non-hydrogen) atoms. The van der Waals surface area contributed by atoms with Crippen molar-refractivity contribution in [1.82, 2.24) is 9.97 Å². The van der Waals surface area contributed by atoms with E-state index in [4.69, 9.17) is 0 Å². The molecule has 2 nitrogen and oxygen atoms in total. The summed E-state index contributed by atoms with van der Waals surface area (Å²) < 4.78 is 13.3. The largest absolute Gasteiger partial charge is 0.304 e. The molecule has 0 spiro atoms. The number of nitrogens with zero attached hydrogens (tertiary/aromatic N) is 2. The van der Waals surface area contributed by atoms with Crippen molar-refractivity contribution in [1.29, 1.82) is 0 Å². The Hall–Kier alpha value is -3.46. The Balaban J connectivity index is 0.000000186. The standard InChI is InChI=1S/C17H12N.C12H9FN.Ir/c1-3-7-14(8-4-1)16-11-12-17(18-13-16)15-9-5-2-6-10-15;1-9-6-7-12(14-8-9)10-4-2-3-5-11(10)13;/h1-9,11-13H;2-3,5-8H,1H3;/q2*-1;. The maximum Gasteiger partial charge on any atom is 0.0380 e. The van der Waals surface area contributed by atoms with E-state index < -0.39 is 0 Å². The average molecular weight is 609 g/mol. The zero-order valence-electron chi connectivity index (χ0n) is 18.0. The SMILES string of the molecule is Cc1ccc(-c2[c-]cccc2F)nc1.[Ir].[c-]1ccccc1-c1ccc(-c2ccccc2)cn1. The third-order valence-electron chi connectivity index (χ3n) is 4.83. The molecule has 0 atom stereocenters. The van der Waals surface area contributed by atoms with Gasteiger partial charge < -0.3 is 9.97 Å². The van der Waals surface area contributed by atoms with Gasteiger partial charge in [0.15, 0.2) is 0 Å². The normalized spacial score (nSPS) is 9.88. The minimum atomic E-state index is -0.288. The summed E-state index contributed by atoms with van der Waals surface area (Å²) in [7, 11) is 0. The second-order valence-corrected chi connectivity index (χ2v) is 7.19. The number of hydrogen-bond donors (Lipinski definition) is 0. The van der Waals surface area contributed by atoms with Gasteiger partial charge in [-0.1, -0.05) is 60.2 Å². The monoisotopic (exact) mass is 609 g/mol. The zero-order valence-corrected chi connectivity index (χ0v) is 20.4. The number of pyridine rings is 2. The fourth-order valence-corrected chi connectivity index (χ4v) is 3.14. The number of hydrogen-bond acceptors (Lipinski definition) is 2. The fourth-order valence-electron chi connectivity index (χ4n) is 3.14. The van der Waals surface area contributed by atoms with E-state index >= 15 is 0 Å². The summed E-state index contributed by atoms with van der Waals surface area (Å²) in [6.45, 7) is 1.95. The van der Waals surface area contributed by atoms with Gasteiger partial charge in [-0.2, -0.15) is 0 Å². The fraction of sp³-hybridized carbons (Fsp3) is 0.0345. The van der Waals surface area contributed by atoms with Crippen LogP contribution in [-0.2, 0) is 20.1 Å². The topological polar surface area (TPSA) is 25.8 Å². The van der Waals surface area contributed by atoms with Crippen LogP contribution in [0, 0.1) is 24.9 Å². The van der Waals surface area contributed by atoms with Crippen molar-refractivity contribution >= 4 is 0 Å². The molecule has 0 aliphatic heterocycles. The molecule has 0 unspecified atom stereocenters. The Morgan fingerprint density at radius 2 is 1.36 bits per heavy atom. The van der Waals surface area contributed by atoms with Gasteiger partial charge in [0.25, 0.3) is 0 Å². The van der Waals surface area contributed by atoms with E-state index in [1.54, 1.807) is 24.4 Å². The first-order valence-electron chi connectivity index (χ1n) is 10.3. The molecule has 0 bridgehead atoms. The van der Waals surface area contributed by atoms with Gasteiger partial charge in [-0.25, -0.2) is 0 Å². The van der Waals surface area contributed by atoms with Crippen molar-refractivity contribution in [2.24, 2.45) is 0 Å². The minimum Gasteiger partial charge on any atom is -0.304 e. The second-order valence-electron chi connectivity index (χ2n) is 7.19. The Bertz CT molecular complexity index is 1200. The van der Waals surface area contributed by atoms with Crippen LogP contribution in [-0.4, -0.2) is 9.97 Å². The predicted octanol–water partition coefficient (Wildman–Crippen LogP) is 7.21. The molecule has 1 radical (unpaired) electrons. The minimum absolute atomic E-state index is 0. The predicted molar refractivity (Wildman–Crippen MR) is 127 cm³/mol. The van der Waals surface area contributed by atoms with E-state index in [0.717, 1.165) is 22.4 Å². The number of aromatic nitrogens is 2. The maximum absolute atomic E-state index is 13.3. The molecule has 0 fully saturated rings. The molecule has 5 aromatic rings. The second kappa shape index (κ2) is 12.0. The van der Waals surface area contributed by atoms with Crippen LogP contribution < -0.4 is 0 Å². The zero-order chi connectivity index (χ0) is 22.2. The summed E-state index contributed by atoms with van der Waals surface area (Å²) in [5, 5.41) is 0. The van der Waals surface area contributed by atoms with Gasteiger partial charge >= 0.3 is 0 Å². The molecule has 4 heteroatoms. The first-order valence-corrected chi connectivity index (χ1v) is 10.3. The Morgan fingerprint density at radius 3 is 2.00 bits per heavy atom. The molecule has 5 rings (SSSR count). The van der Waals surface area contributed by atoms with E-state index in [-0.39, 0.29) is 25.9 Å². The van der Waals surface area contributed by atoms with Gasteiger partial charge in [0.2, 0.25) is 0 Å². The van der Waals surface area contributed by atoms with E-state index in [9.17, 15) is 4.39 Å². The molecule has 0 saturated carbocycles. The molecule has 165 valence electrons. The third-order valence-corrected chi connectivity index (χ3v) is 4.83. The van der Waals surface area contributed by atoms with Crippen LogP contribution in [0.4, 0.5) is 4.39 Å². The van der Waals surface area contributed by atoms with Crippen molar-refractivity contribution in [3.8, 4) is 33.6 Å². The van der Waals surface area contributed by atoms with Gasteiger partial charge in [-0.05, 0) is 35.0 Å². The summed E-state index contributed by atoms with van der Waals surface area (Å²) in [4.78, 5) is 8.63. The summed E-state index contributed by atoms with van der Waals surface area (Å²) >= 11 is 0. The van der Waals surface area contributed by atoms with Gasteiger partial charge in [0.05, 0.1) is 0 Å². The van der Waals surface area contributed by atoms with Gasteiger partial charge in [0.1, 0.15) is 0 Å². The summed E-state index contributed by atoms with van der Waals surface area (Å²) in [6.07, 6.45) is 3.63. The summed E-state index contributed by atoms with van der Waals surface area (Å²) in [5.41, 5.74) is 6.41. The Morgan fingerprint density at radius 1 is 0.636 bits per heavy atom. The maximum atomic E-state index is 13.3. The van der Waals surface area contributed by atoms with Crippen molar-refractivity contribution in [3.05, 3.63) is 133 Å². The van der Waals surface area contributed by atoms with Crippen molar-refractivity contribution in [3.63, 3.8) is 0 Å². The molecule has 0 saturated heterocycles. The molecule has 0 N–H and O–H groups in total. The first-order chi connectivity index (χ1) is 15.7. The van der Waals surface area contributed by atoms with Gasteiger partial charge in [0, 0.05) is 38.3 Å². The van der Waals surface area contributed by atoms with Crippen LogP contribution in [0.3, 0.4) is 0 Å². The number of halogens is 1. The average Bonchev–Trinajstić information content (AvgIpc) is 2.87. The van der Waals surface area contributed by atoms with Crippen molar-refractivity contribution in [2.75, 3.05) is 0 Å². The smallest absolute Gasteiger partial charge is 0.0380 e. The first kappa shape index (κ1) is 24.2. The summed E-state index contributed by atoms with van der Waals surface area (Å²) in [5.74, 6) is -0.288. The molecule has 2 aromatic heterocycles. The van der Waals surface area contributed by atoms with Crippen LogP contribution in [0.5, 0.6) is 0 Å². The molecule has 2 heterocycles.